The van der Waals surface area contributed by atoms with Crippen LogP contribution in [0.2, 0.25) is 0 Å². The second-order valence-electron chi connectivity index (χ2n) is 5.72. The van der Waals surface area contributed by atoms with Crippen LogP contribution < -0.4 is 10.5 Å². The number of nitrogens with one attached hydrogen (secondary N) is 1. The fourth-order valence-corrected chi connectivity index (χ4v) is 2.38. The summed E-state index contributed by atoms with van der Waals surface area (Å²) >= 11 is 0. The predicted octanol–water partition coefficient (Wildman–Crippen LogP) is 3.38. The molecule has 0 saturated heterocycles. The Morgan fingerprint density at radius 1 is 1.33 bits per heavy atom. The molecule has 118 valence electrons. The van der Waals surface area contributed by atoms with Crippen LogP contribution in [-0.2, 0) is 6.54 Å². The highest BCUT2D eigenvalue weighted by Crippen LogP contribution is 2.21. The topological polar surface area (TPSA) is 62.3 Å². The lowest BCUT2D eigenvalue weighted by Gasteiger charge is -2.26. The number of hydrogen-bond acceptors (Lipinski definition) is 3. The zero-order chi connectivity index (χ0) is 15.8. The van der Waals surface area contributed by atoms with Crippen LogP contribution in [-0.4, -0.2) is 30.4 Å². The maximum Gasteiger partial charge on any atom is 0.130 e. The number of unbranched alkanes of at least 4 members (excludes halogenated alkanes) is 2. The first-order valence-corrected chi connectivity index (χ1v) is 7.75. The lowest BCUT2D eigenvalue weighted by molar-refractivity contribution is 0.208. The Labute approximate surface area is 128 Å². The normalized spacial score (nSPS) is 11.1. The SMILES string of the molecule is CCCCCN(Cc1ccc(C(=N)N)c(OC)c1)C(C)C. The van der Waals surface area contributed by atoms with E-state index in [4.69, 9.17) is 15.9 Å². The van der Waals surface area contributed by atoms with Gasteiger partial charge >= 0.3 is 0 Å². The molecule has 0 spiro atoms. The monoisotopic (exact) mass is 291 g/mol. The van der Waals surface area contributed by atoms with E-state index < -0.39 is 0 Å². The van der Waals surface area contributed by atoms with Crippen molar-refractivity contribution in [1.82, 2.24) is 4.90 Å². The molecular weight excluding hydrogens is 262 g/mol. The highest BCUT2D eigenvalue weighted by Gasteiger charge is 2.12. The summed E-state index contributed by atoms with van der Waals surface area (Å²) in [5.74, 6) is 0.722. The predicted molar refractivity (Wildman–Crippen MR) is 89.1 cm³/mol. The Bertz CT molecular complexity index is 457. The molecule has 4 nitrogen and oxygen atoms in total. The van der Waals surface area contributed by atoms with Gasteiger partial charge in [-0.05, 0) is 44.5 Å². The molecule has 1 rings (SSSR count). The third kappa shape index (κ3) is 5.38. The van der Waals surface area contributed by atoms with Gasteiger partial charge in [-0.25, -0.2) is 0 Å². The van der Waals surface area contributed by atoms with Gasteiger partial charge in [0, 0.05) is 12.6 Å². The average molecular weight is 291 g/mol. The fraction of sp³-hybridized carbons (Fsp3) is 0.588. The highest BCUT2D eigenvalue weighted by atomic mass is 16.5. The third-order valence-corrected chi connectivity index (χ3v) is 3.72. The van der Waals surface area contributed by atoms with Gasteiger partial charge < -0.3 is 10.5 Å². The van der Waals surface area contributed by atoms with Gasteiger partial charge in [-0.1, -0.05) is 25.8 Å². The van der Waals surface area contributed by atoms with Gasteiger partial charge in [0.15, 0.2) is 0 Å². The molecule has 0 amide bonds. The van der Waals surface area contributed by atoms with Crippen molar-refractivity contribution < 1.29 is 4.74 Å². The second kappa shape index (κ2) is 8.67. The number of rotatable bonds is 9. The van der Waals surface area contributed by atoms with Gasteiger partial charge in [-0.3, -0.25) is 10.3 Å². The van der Waals surface area contributed by atoms with Crippen LogP contribution in [0.5, 0.6) is 5.75 Å². The van der Waals surface area contributed by atoms with E-state index in [1.54, 1.807) is 7.11 Å². The quantitative estimate of drug-likeness (QED) is 0.416. The molecular formula is C17H29N3O. The van der Waals surface area contributed by atoms with E-state index in [2.05, 4.69) is 25.7 Å². The van der Waals surface area contributed by atoms with Gasteiger partial charge in [-0.2, -0.15) is 0 Å². The molecule has 1 aromatic carbocycles. The highest BCUT2D eigenvalue weighted by molar-refractivity contribution is 5.97. The van der Waals surface area contributed by atoms with Crippen LogP contribution in [0.3, 0.4) is 0 Å². The van der Waals surface area contributed by atoms with Crippen LogP contribution in [0, 0.1) is 5.41 Å². The van der Waals surface area contributed by atoms with Gasteiger partial charge in [0.1, 0.15) is 11.6 Å². The molecule has 0 bridgehead atoms. The van der Waals surface area contributed by atoms with Crippen molar-refractivity contribution in [2.45, 2.75) is 52.6 Å². The van der Waals surface area contributed by atoms with Crippen LogP contribution in [0.1, 0.15) is 51.2 Å². The molecule has 0 aromatic heterocycles. The largest absolute Gasteiger partial charge is 0.496 e. The van der Waals surface area contributed by atoms with E-state index in [0.717, 1.165) is 13.1 Å². The lowest BCUT2D eigenvalue weighted by Crippen LogP contribution is -2.31. The van der Waals surface area contributed by atoms with E-state index in [1.807, 2.05) is 18.2 Å². The Hall–Kier alpha value is -1.55. The summed E-state index contributed by atoms with van der Waals surface area (Å²) in [4.78, 5) is 2.47. The van der Waals surface area contributed by atoms with Crippen LogP contribution in [0.4, 0.5) is 0 Å². The molecule has 3 N–H and O–H groups in total. The van der Waals surface area contributed by atoms with Crippen molar-refractivity contribution >= 4 is 5.84 Å². The van der Waals surface area contributed by atoms with Crippen LogP contribution in [0.15, 0.2) is 18.2 Å². The van der Waals surface area contributed by atoms with Crippen LogP contribution >= 0.6 is 0 Å². The van der Waals surface area contributed by atoms with Crippen molar-refractivity contribution in [2.75, 3.05) is 13.7 Å². The number of benzene rings is 1. The van der Waals surface area contributed by atoms with E-state index in [9.17, 15) is 0 Å². The van der Waals surface area contributed by atoms with Crippen LogP contribution in [0.25, 0.3) is 0 Å². The van der Waals surface area contributed by atoms with E-state index in [0.29, 0.717) is 17.4 Å². The van der Waals surface area contributed by atoms with E-state index in [1.165, 1.54) is 24.8 Å². The maximum absolute atomic E-state index is 7.56. The smallest absolute Gasteiger partial charge is 0.130 e. The first-order valence-electron chi connectivity index (χ1n) is 7.75. The molecule has 0 fully saturated rings. The first-order chi connectivity index (χ1) is 9.99. The van der Waals surface area contributed by atoms with E-state index in [-0.39, 0.29) is 5.84 Å². The Balaban J connectivity index is 2.81. The molecule has 0 aliphatic carbocycles. The molecule has 1 aromatic rings. The minimum atomic E-state index is 0.0436. The van der Waals surface area contributed by atoms with Crippen molar-refractivity contribution in [3.63, 3.8) is 0 Å². The first kappa shape index (κ1) is 17.5. The number of hydrogen-bond donors (Lipinski definition) is 2. The van der Waals surface area contributed by atoms with Crippen molar-refractivity contribution in [2.24, 2.45) is 5.73 Å². The summed E-state index contributed by atoms with van der Waals surface area (Å²) in [5.41, 5.74) is 7.42. The Morgan fingerprint density at radius 3 is 2.57 bits per heavy atom. The summed E-state index contributed by atoms with van der Waals surface area (Å²) in [6.45, 7) is 8.70. The molecule has 0 aliphatic heterocycles. The summed E-state index contributed by atoms with van der Waals surface area (Å²) in [5, 5.41) is 7.56. The van der Waals surface area contributed by atoms with Gasteiger partial charge in [0.25, 0.3) is 0 Å². The van der Waals surface area contributed by atoms with Crippen molar-refractivity contribution in [1.29, 1.82) is 5.41 Å². The summed E-state index contributed by atoms with van der Waals surface area (Å²) in [6.07, 6.45) is 3.75. The number of nitrogens with two attached hydrogens (primary N) is 1. The number of amidine groups is 1. The maximum atomic E-state index is 7.56. The Morgan fingerprint density at radius 2 is 2.05 bits per heavy atom. The molecule has 0 unspecified atom stereocenters. The zero-order valence-electron chi connectivity index (χ0n) is 13.8. The molecule has 0 radical (unpaired) electrons. The minimum absolute atomic E-state index is 0.0436. The Kier molecular flexibility index (Phi) is 7.23. The summed E-state index contributed by atoms with van der Waals surface area (Å²) < 4.78 is 5.35. The van der Waals surface area contributed by atoms with E-state index >= 15 is 0 Å². The molecule has 21 heavy (non-hydrogen) atoms. The standard InChI is InChI=1S/C17H29N3O/c1-5-6-7-10-20(13(2)3)12-14-8-9-15(17(18)19)16(11-14)21-4/h8-9,11,13H,5-7,10,12H2,1-4H3,(H3,18,19). The molecule has 4 heteroatoms. The van der Waals surface area contributed by atoms with Gasteiger partial charge in [0.05, 0.1) is 12.7 Å². The molecule has 0 heterocycles. The average Bonchev–Trinajstić information content (AvgIpc) is 2.45. The lowest BCUT2D eigenvalue weighted by atomic mass is 10.1. The number of nitrogen functional groups attached to an aromatic ring is 1. The van der Waals surface area contributed by atoms with Gasteiger partial charge in [-0.15, -0.1) is 0 Å². The number of methoxy groups -OCH3 is 1. The zero-order valence-corrected chi connectivity index (χ0v) is 13.8. The second-order valence-corrected chi connectivity index (χ2v) is 5.72. The number of nitrogens with zero attached hydrogens (tertiary/aromatic N) is 1. The number of ether oxygens (including phenoxy) is 1. The fourth-order valence-electron chi connectivity index (χ4n) is 2.38. The minimum Gasteiger partial charge on any atom is -0.496 e. The summed E-state index contributed by atoms with van der Waals surface area (Å²) in [7, 11) is 1.62. The molecule has 0 saturated carbocycles. The van der Waals surface area contributed by atoms with Gasteiger partial charge in [0.2, 0.25) is 0 Å². The van der Waals surface area contributed by atoms with Crippen molar-refractivity contribution in [3.8, 4) is 5.75 Å². The molecule has 0 aliphatic rings. The molecule has 0 atom stereocenters. The van der Waals surface area contributed by atoms with Crippen molar-refractivity contribution in [3.05, 3.63) is 29.3 Å². The summed E-state index contributed by atoms with van der Waals surface area (Å²) in [6, 6.07) is 6.42. The third-order valence-electron chi connectivity index (χ3n) is 3.72.